The van der Waals surface area contributed by atoms with E-state index in [1.54, 1.807) is 0 Å². The summed E-state index contributed by atoms with van der Waals surface area (Å²) in [6.45, 7) is 11.3. The highest BCUT2D eigenvalue weighted by molar-refractivity contribution is 5.32. The molecule has 4 nitrogen and oxygen atoms in total. The highest BCUT2D eigenvalue weighted by atomic mass is 16.5. The minimum Gasteiger partial charge on any atom is -0.491 e. The Bertz CT molecular complexity index is 508. The molecule has 1 aromatic carbocycles. The number of aliphatic hydroxyl groups excluding tert-OH is 1. The van der Waals surface area contributed by atoms with E-state index >= 15 is 0 Å². The van der Waals surface area contributed by atoms with Gasteiger partial charge in [-0.15, -0.1) is 0 Å². The molecule has 2 unspecified atom stereocenters. The summed E-state index contributed by atoms with van der Waals surface area (Å²) in [6, 6.07) is 6.19. The lowest BCUT2D eigenvalue weighted by atomic mass is 10.1. The Morgan fingerprint density at radius 3 is 2.50 bits per heavy atom. The number of hydrogen-bond donors (Lipinski definition) is 1. The van der Waals surface area contributed by atoms with Crippen molar-refractivity contribution in [2.45, 2.75) is 39.2 Å². The van der Waals surface area contributed by atoms with Crippen molar-refractivity contribution in [1.82, 2.24) is 9.80 Å². The molecule has 1 aromatic rings. The SMILES string of the molecule is Cc1cc(C)cc(OCC(O)CN2CCC(CN3CCCC3)C2)c1. The molecule has 0 spiro atoms. The van der Waals surface area contributed by atoms with Crippen LogP contribution >= 0.6 is 0 Å². The fraction of sp³-hybridized carbons (Fsp3) is 0.700. The third-order valence-electron chi connectivity index (χ3n) is 5.19. The first-order valence-corrected chi connectivity index (χ1v) is 9.42. The van der Waals surface area contributed by atoms with Crippen molar-refractivity contribution in [3.63, 3.8) is 0 Å². The number of nitrogens with zero attached hydrogens (tertiary/aromatic N) is 2. The van der Waals surface area contributed by atoms with Crippen LogP contribution in [0.5, 0.6) is 5.75 Å². The molecule has 0 radical (unpaired) electrons. The number of hydrogen-bond acceptors (Lipinski definition) is 4. The van der Waals surface area contributed by atoms with Gasteiger partial charge in [-0.1, -0.05) is 6.07 Å². The molecule has 2 heterocycles. The Morgan fingerprint density at radius 1 is 1.08 bits per heavy atom. The molecule has 134 valence electrons. The second-order valence-corrected chi connectivity index (χ2v) is 7.71. The van der Waals surface area contributed by atoms with Gasteiger partial charge >= 0.3 is 0 Å². The van der Waals surface area contributed by atoms with Crippen molar-refractivity contribution in [3.05, 3.63) is 29.3 Å². The molecule has 0 aromatic heterocycles. The molecule has 2 aliphatic rings. The number of benzene rings is 1. The average Bonchev–Trinajstić information content (AvgIpc) is 3.17. The van der Waals surface area contributed by atoms with Crippen LogP contribution in [0.15, 0.2) is 18.2 Å². The third-order valence-corrected chi connectivity index (χ3v) is 5.19. The van der Waals surface area contributed by atoms with Gasteiger partial charge in [-0.2, -0.15) is 0 Å². The molecule has 2 atom stereocenters. The topological polar surface area (TPSA) is 35.9 Å². The fourth-order valence-corrected chi connectivity index (χ4v) is 4.12. The van der Waals surface area contributed by atoms with Gasteiger partial charge in [-0.25, -0.2) is 0 Å². The first-order valence-electron chi connectivity index (χ1n) is 9.42. The van der Waals surface area contributed by atoms with E-state index in [2.05, 4.69) is 29.7 Å². The van der Waals surface area contributed by atoms with Gasteiger partial charge < -0.3 is 19.6 Å². The van der Waals surface area contributed by atoms with Crippen LogP contribution in [0.3, 0.4) is 0 Å². The summed E-state index contributed by atoms with van der Waals surface area (Å²) < 4.78 is 5.79. The zero-order chi connectivity index (χ0) is 16.9. The number of rotatable bonds is 7. The predicted molar refractivity (Wildman–Crippen MR) is 97.6 cm³/mol. The van der Waals surface area contributed by atoms with Crippen molar-refractivity contribution in [2.24, 2.45) is 5.92 Å². The maximum atomic E-state index is 10.3. The molecule has 0 amide bonds. The minimum absolute atomic E-state index is 0.371. The lowest BCUT2D eigenvalue weighted by molar-refractivity contribution is 0.0741. The normalized spacial score (nSPS) is 23.7. The maximum absolute atomic E-state index is 10.3. The predicted octanol–water partition coefficient (Wildman–Crippen LogP) is 2.46. The Hall–Kier alpha value is -1.10. The van der Waals surface area contributed by atoms with Crippen LogP contribution in [0.25, 0.3) is 0 Å². The molecule has 1 N–H and O–H groups in total. The van der Waals surface area contributed by atoms with E-state index in [1.807, 2.05) is 12.1 Å². The summed E-state index contributed by atoms with van der Waals surface area (Å²) in [5.74, 6) is 1.63. The van der Waals surface area contributed by atoms with Crippen molar-refractivity contribution in [1.29, 1.82) is 0 Å². The lowest BCUT2D eigenvalue weighted by Gasteiger charge is -2.22. The largest absolute Gasteiger partial charge is 0.491 e. The van der Waals surface area contributed by atoms with Crippen LogP contribution in [0.2, 0.25) is 0 Å². The van der Waals surface area contributed by atoms with Crippen molar-refractivity contribution in [2.75, 3.05) is 45.9 Å². The smallest absolute Gasteiger partial charge is 0.119 e. The van der Waals surface area contributed by atoms with Crippen LogP contribution in [-0.2, 0) is 0 Å². The van der Waals surface area contributed by atoms with Gasteiger partial charge in [0.25, 0.3) is 0 Å². The molecule has 0 saturated carbocycles. The fourth-order valence-electron chi connectivity index (χ4n) is 4.12. The monoisotopic (exact) mass is 332 g/mol. The van der Waals surface area contributed by atoms with Crippen LogP contribution in [0, 0.1) is 19.8 Å². The van der Waals surface area contributed by atoms with Crippen LogP contribution < -0.4 is 4.74 Å². The van der Waals surface area contributed by atoms with Gasteiger partial charge in [-0.05, 0) is 81.9 Å². The minimum atomic E-state index is -0.420. The highest BCUT2D eigenvalue weighted by Gasteiger charge is 2.26. The second-order valence-electron chi connectivity index (χ2n) is 7.71. The van der Waals surface area contributed by atoms with E-state index in [4.69, 9.17) is 4.74 Å². The molecule has 0 aliphatic carbocycles. The number of likely N-dealkylation sites (tertiary alicyclic amines) is 2. The zero-order valence-corrected chi connectivity index (χ0v) is 15.2. The second kappa shape index (κ2) is 8.32. The molecule has 2 saturated heterocycles. The van der Waals surface area contributed by atoms with E-state index in [-0.39, 0.29) is 0 Å². The molecule has 2 fully saturated rings. The highest BCUT2D eigenvalue weighted by Crippen LogP contribution is 2.20. The molecular formula is C20H32N2O2. The number of ether oxygens (including phenoxy) is 1. The lowest BCUT2D eigenvalue weighted by Crippen LogP contribution is -2.35. The van der Waals surface area contributed by atoms with Crippen molar-refractivity contribution < 1.29 is 9.84 Å². The summed E-state index contributed by atoms with van der Waals surface area (Å²) in [7, 11) is 0. The van der Waals surface area contributed by atoms with Gasteiger partial charge in [0.2, 0.25) is 0 Å². The van der Waals surface area contributed by atoms with Gasteiger partial charge in [0.1, 0.15) is 18.5 Å². The van der Waals surface area contributed by atoms with E-state index in [9.17, 15) is 5.11 Å². The van der Waals surface area contributed by atoms with Gasteiger partial charge in [0.05, 0.1) is 0 Å². The van der Waals surface area contributed by atoms with Crippen molar-refractivity contribution >= 4 is 0 Å². The first-order chi connectivity index (χ1) is 11.6. The van der Waals surface area contributed by atoms with Gasteiger partial charge in [0, 0.05) is 19.6 Å². The van der Waals surface area contributed by atoms with Gasteiger partial charge in [0.15, 0.2) is 0 Å². The van der Waals surface area contributed by atoms with Crippen LogP contribution in [0.4, 0.5) is 0 Å². The van der Waals surface area contributed by atoms with Crippen LogP contribution in [-0.4, -0.2) is 66.9 Å². The summed E-state index contributed by atoms with van der Waals surface area (Å²) >= 11 is 0. The molecule has 3 rings (SSSR count). The molecule has 4 heteroatoms. The number of β-amino-alcohol motifs (C(OH)–C–C–N with tert-alkyl or cyclic N) is 1. The Morgan fingerprint density at radius 2 is 1.79 bits per heavy atom. The molecule has 0 bridgehead atoms. The van der Waals surface area contributed by atoms with E-state index < -0.39 is 6.10 Å². The standard InChI is InChI=1S/C20H32N2O2/c1-16-9-17(2)11-20(10-16)24-15-19(23)14-22-8-5-18(13-22)12-21-6-3-4-7-21/h9-11,18-19,23H,3-8,12-15H2,1-2H3. The van der Waals surface area contributed by atoms with E-state index in [1.165, 1.54) is 50.0 Å². The first kappa shape index (κ1) is 17.7. The number of aliphatic hydroxyl groups is 1. The quantitative estimate of drug-likeness (QED) is 0.832. The summed E-state index contributed by atoms with van der Waals surface area (Å²) in [5, 5.41) is 10.3. The Kier molecular flexibility index (Phi) is 6.14. The Balaban J connectivity index is 1.38. The summed E-state index contributed by atoms with van der Waals surface area (Å²) in [4.78, 5) is 5.00. The molecular weight excluding hydrogens is 300 g/mol. The zero-order valence-electron chi connectivity index (χ0n) is 15.2. The van der Waals surface area contributed by atoms with Gasteiger partial charge in [-0.3, -0.25) is 0 Å². The van der Waals surface area contributed by atoms with E-state index in [0.29, 0.717) is 6.61 Å². The molecule has 2 aliphatic heterocycles. The summed E-state index contributed by atoms with van der Waals surface area (Å²) in [5.41, 5.74) is 2.40. The van der Waals surface area contributed by atoms with Crippen LogP contribution in [0.1, 0.15) is 30.4 Å². The average molecular weight is 332 g/mol. The Labute approximate surface area is 146 Å². The summed E-state index contributed by atoms with van der Waals surface area (Å²) in [6.07, 6.45) is 3.58. The number of aryl methyl sites for hydroxylation is 2. The van der Waals surface area contributed by atoms with E-state index in [0.717, 1.165) is 31.3 Å². The van der Waals surface area contributed by atoms with Crippen molar-refractivity contribution in [3.8, 4) is 5.75 Å². The molecule has 24 heavy (non-hydrogen) atoms. The maximum Gasteiger partial charge on any atom is 0.119 e. The third kappa shape index (κ3) is 5.20.